The van der Waals surface area contributed by atoms with Crippen LogP contribution in [0.15, 0.2) is 29.9 Å². The third-order valence-electron chi connectivity index (χ3n) is 2.35. The van der Waals surface area contributed by atoms with Crippen molar-refractivity contribution in [2.24, 2.45) is 5.11 Å². The van der Waals surface area contributed by atoms with E-state index in [4.69, 9.17) is 5.53 Å². The normalized spacial score (nSPS) is 14.2. The number of aliphatic hydroxyl groups excluding tert-OH is 2. The van der Waals surface area contributed by atoms with Gasteiger partial charge in [0.05, 0.1) is 30.7 Å². The van der Waals surface area contributed by atoms with Gasteiger partial charge in [-0.15, -0.1) is 0 Å². The van der Waals surface area contributed by atoms with Crippen LogP contribution in [-0.4, -0.2) is 37.2 Å². The average Bonchev–Trinajstić information content (AvgIpc) is 2.78. The fourth-order valence-corrected chi connectivity index (χ4v) is 1.50. The Morgan fingerprint density at radius 3 is 3.06 bits per heavy atom. The second-order valence-electron chi connectivity index (χ2n) is 3.41. The van der Waals surface area contributed by atoms with Gasteiger partial charge in [-0.1, -0.05) is 5.11 Å². The third kappa shape index (κ3) is 2.18. The molecule has 0 spiro atoms. The summed E-state index contributed by atoms with van der Waals surface area (Å²) < 4.78 is 1.61. The summed E-state index contributed by atoms with van der Waals surface area (Å²) in [5, 5.41) is 22.7. The van der Waals surface area contributed by atoms with Crippen LogP contribution in [0, 0.1) is 0 Å². The van der Waals surface area contributed by atoms with Crippen molar-refractivity contribution >= 4 is 5.65 Å². The first kappa shape index (κ1) is 11.3. The van der Waals surface area contributed by atoms with E-state index < -0.39 is 12.2 Å². The van der Waals surface area contributed by atoms with E-state index in [0.717, 1.165) is 0 Å². The van der Waals surface area contributed by atoms with E-state index in [1.165, 1.54) is 12.4 Å². The highest BCUT2D eigenvalue weighted by molar-refractivity contribution is 5.37. The van der Waals surface area contributed by atoms with Gasteiger partial charge in [-0.25, -0.2) is 4.98 Å². The Hall–Kier alpha value is -2.15. The maximum absolute atomic E-state index is 9.89. The van der Waals surface area contributed by atoms with Crippen molar-refractivity contribution in [3.05, 3.63) is 40.9 Å². The van der Waals surface area contributed by atoms with Crippen LogP contribution in [-0.2, 0) is 0 Å². The Bertz CT molecular complexity index is 561. The van der Waals surface area contributed by atoms with Gasteiger partial charge in [-0.05, 0) is 5.53 Å². The Balaban J connectivity index is 2.29. The predicted molar refractivity (Wildman–Crippen MR) is 58.0 cm³/mol. The average molecular weight is 234 g/mol. The Labute approximate surface area is 95.8 Å². The Morgan fingerprint density at radius 1 is 1.47 bits per heavy atom. The summed E-state index contributed by atoms with van der Waals surface area (Å²) >= 11 is 0. The van der Waals surface area contributed by atoms with Crippen molar-refractivity contribution in [3.63, 3.8) is 0 Å². The van der Waals surface area contributed by atoms with Gasteiger partial charge in [0.1, 0.15) is 6.10 Å². The first-order chi connectivity index (χ1) is 8.24. The number of imidazole rings is 1. The number of hydrogen-bond acceptors (Lipinski definition) is 5. The molecule has 2 heterocycles. The topological polar surface area (TPSA) is 119 Å². The summed E-state index contributed by atoms with van der Waals surface area (Å²) in [6, 6.07) is 0. The van der Waals surface area contributed by atoms with Crippen LogP contribution in [0.4, 0.5) is 0 Å². The minimum absolute atomic E-state index is 0.198. The molecule has 2 atom stereocenters. The van der Waals surface area contributed by atoms with Gasteiger partial charge >= 0.3 is 0 Å². The fourth-order valence-electron chi connectivity index (χ4n) is 1.50. The highest BCUT2D eigenvalue weighted by atomic mass is 16.3. The van der Waals surface area contributed by atoms with Gasteiger partial charge in [0, 0.05) is 17.3 Å². The Kier molecular flexibility index (Phi) is 3.20. The lowest BCUT2D eigenvalue weighted by atomic mass is 10.1. The summed E-state index contributed by atoms with van der Waals surface area (Å²) in [6.45, 7) is -0.198. The van der Waals surface area contributed by atoms with E-state index in [1.54, 1.807) is 16.8 Å². The zero-order valence-electron chi connectivity index (χ0n) is 8.75. The maximum atomic E-state index is 9.89. The van der Waals surface area contributed by atoms with Crippen molar-refractivity contribution in [2.75, 3.05) is 6.54 Å². The van der Waals surface area contributed by atoms with Gasteiger partial charge in [0.25, 0.3) is 0 Å². The van der Waals surface area contributed by atoms with E-state index in [1.807, 2.05) is 0 Å². The lowest BCUT2D eigenvalue weighted by Gasteiger charge is -2.15. The molecule has 0 aliphatic carbocycles. The SMILES string of the molecule is [N-]=[N+]=NCC(O)C(O)c1cnc2cnccn12. The van der Waals surface area contributed by atoms with E-state index in [0.29, 0.717) is 11.3 Å². The fraction of sp³-hybridized carbons (Fsp3) is 0.333. The molecule has 2 aromatic heterocycles. The molecule has 88 valence electrons. The molecule has 0 radical (unpaired) electrons. The van der Waals surface area contributed by atoms with E-state index >= 15 is 0 Å². The van der Waals surface area contributed by atoms with Crippen LogP contribution in [0.3, 0.4) is 0 Å². The van der Waals surface area contributed by atoms with Crippen molar-refractivity contribution < 1.29 is 10.2 Å². The summed E-state index contributed by atoms with van der Waals surface area (Å²) in [5.41, 5.74) is 9.13. The van der Waals surface area contributed by atoms with Crippen LogP contribution in [0.1, 0.15) is 11.8 Å². The van der Waals surface area contributed by atoms with Crippen molar-refractivity contribution in [1.29, 1.82) is 0 Å². The molecular formula is C9H10N6O2. The number of nitrogens with zero attached hydrogens (tertiary/aromatic N) is 6. The molecule has 0 saturated heterocycles. The molecule has 2 unspecified atom stereocenters. The van der Waals surface area contributed by atoms with Crippen LogP contribution in [0.5, 0.6) is 0 Å². The van der Waals surface area contributed by atoms with Crippen molar-refractivity contribution in [3.8, 4) is 0 Å². The molecule has 0 fully saturated rings. The standard InChI is InChI=1S/C9H10N6O2/c10-14-13-4-7(16)9(17)6-3-12-8-5-11-1-2-15(6)8/h1-3,5,7,9,16-17H,4H2. The highest BCUT2D eigenvalue weighted by Gasteiger charge is 2.21. The van der Waals surface area contributed by atoms with Crippen LogP contribution < -0.4 is 0 Å². The summed E-state index contributed by atoms with van der Waals surface area (Å²) in [7, 11) is 0. The lowest BCUT2D eigenvalue weighted by Crippen LogP contribution is -2.22. The second-order valence-corrected chi connectivity index (χ2v) is 3.41. The van der Waals surface area contributed by atoms with E-state index in [2.05, 4.69) is 20.0 Å². The van der Waals surface area contributed by atoms with E-state index in [-0.39, 0.29) is 6.54 Å². The monoisotopic (exact) mass is 234 g/mol. The molecule has 0 aliphatic rings. The largest absolute Gasteiger partial charge is 0.390 e. The van der Waals surface area contributed by atoms with Gasteiger partial charge in [-0.3, -0.25) is 9.38 Å². The number of rotatable bonds is 4. The summed E-state index contributed by atoms with van der Waals surface area (Å²) in [5.74, 6) is 0. The molecule has 8 nitrogen and oxygen atoms in total. The van der Waals surface area contributed by atoms with Crippen LogP contribution >= 0.6 is 0 Å². The third-order valence-corrected chi connectivity index (χ3v) is 2.35. The van der Waals surface area contributed by atoms with Gasteiger partial charge in [0.15, 0.2) is 5.65 Å². The van der Waals surface area contributed by atoms with Crippen LogP contribution in [0.2, 0.25) is 0 Å². The van der Waals surface area contributed by atoms with Crippen molar-refractivity contribution in [1.82, 2.24) is 14.4 Å². The van der Waals surface area contributed by atoms with Gasteiger partial charge in [-0.2, -0.15) is 0 Å². The van der Waals surface area contributed by atoms with Crippen LogP contribution in [0.25, 0.3) is 16.1 Å². The van der Waals surface area contributed by atoms with E-state index in [9.17, 15) is 10.2 Å². The zero-order valence-corrected chi connectivity index (χ0v) is 8.75. The first-order valence-electron chi connectivity index (χ1n) is 4.88. The molecule has 0 saturated carbocycles. The maximum Gasteiger partial charge on any atom is 0.155 e. The molecule has 2 N–H and O–H groups in total. The number of aromatic nitrogens is 3. The quantitative estimate of drug-likeness (QED) is 0.453. The first-order valence-corrected chi connectivity index (χ1v) is 4.88. The highest BCUT2D eigenvalue weighted by Crippen LogP contribution is 2.18. The molecule has 17 heavy (non-hydrogen) atoms. The van der Waals surface area contributed by atoms with Gasteiger partial charge < -0.3 is 10.2 Å². The predicted octanol–water partition coefficient (Wildman–Crippen LogP) is 0.434. The zero-order chi connectivity index (χ0) is 12.3. The molecule has 8 heteroatoms. The Morgan fingerprint density at radius 2 is 2.29 bits per heavy atom. The molecular weight excluding hydrogens is 224 g/mol. The number of hydrogen-bond donors (Lipinski definition) is 2. The molecule has 0 bridgehead atoms. The van der Waals surface area contributed by atoms with Crippen molar-refractivity contribution in [2.45, 2.75) is 12.2 Å². The number of fused-ring (bicyclic) bond motifs is 1. The second kappa shape index (κ2) is 4.79. The summed E-state index contributed by atoms with van der Waals surface area (Å²) in [4.78, 5) is 10.4. The molecule has 0 amide bonds. The molecule has 0 aliphatic heterocycles. The smallest absolute Gasteiger partial charge is 0.155 e. The minimum Gasteiger partial charge on any atom is -0.390 e. The lowest BCUT2D eigenvalue weighted by molar-refractivity contribution is 0.0213. The number of azide groups is 1. The number of aliphatic hydroxyl groups is 2. The minimum atomic E-state index is -1.17. The summed E-state index contributed by atoms with van der Waals surface area (Å²) in [6.07, 6.45) is 3.82. The van der Waals surface area contributed by atoms with Gasteiger partial charge in [0.2, 0.25) is 0 Å². The molecule has 0 aromatic carbocycles. The molecule has 2 aromatic rings. The molecule has 2 rings (SSSR count).